The number of hydrogen-bond acceptors (Lipinski definition) is 8. The third-order valence-corrected chi connectivity index (χ3v) is 10.2. The van der Waals surface area contributed by atoms with E-state index in [1.165, 1.54) is 0 Å². The van der Waals surface area contributed by atoms with E-state index >= 15 is 0 Å². The molecule has 0 saturated carbocycles. The smallest absolute Gasteiger partial charge is 0.151 e. The molecule has 1 unspecified atom stereocenters. The van der Waals surface area contributed by atoms with Gasteiger partial charge in [-0.05, 0) is 74.7 Å². The van der Waals surface area contributed by atoms with Crippen LogP contribution in [0, 0.1) is 27.7 Å². The molecule has 0 aliphatic rings. The summed E-state index contributed by atoms with van der Waals surface area (Å²) in [7, 11) is -3.67. The quantitative estimate of drug-likeness (QED) is 0.134. The average molecular weight is 615 g/mol. The summed E-state index contributed by atoms with van der Waals surface area (Å²) in [4.78, 5) is 8.45. The average Bonchev–Trinajstić information content (AvgIpc) is 3.00. The van der Waals surface area contributed by atoms with Crippen LogP contribution in [0.3, 0.4) is 0 Å². The second-order valence-corrected chi connectivity index (χ2v) is 13.7. The molecule has 0 aliphatic heterocycles. The van der Waals surface area contributed by atoms with Gasteiger partial charge in [0.1, 0.15) is 10.3 Å². The van der Waals surface area contributed by atoms with Crippen LogP contribution in [0.15, 0.2) is 102 Å². The van der Waals surface area contributed by atoms with Gasteiger partial charge in [-0.3, -0.25) is 18.2 Å². The zero-order valence-electron chi connectivity index (χ0n) is 24.9. The van der Waals surface area contributed by atoms with Crippen LogP contribution in [-0.2, 0) is 4.74 Å². The van der Waals surface area contributed by atoms with E-state index in [-0.39, 0.29) is 11.6 Å². The van der Waals surface area contributed by atoms with Crippen molar-refractivity contribution in [3.05, 3.63) is 125 Å². The Bertz CT molecular complexity index is 1430. The maximum Gasteiger partial charge on any atom is 0.151 e. The first kappa shape index (κ1) is 35.1. The Balaban J connectivity index is 0.000000278. The van der Waals surface area contributed by atoms with Crippen molar-refractivity contribution < 1.29 is 28.1 Å². The monoisotopic (exact) mass is 614 g/mol. The van der Waals surface area contributed by atoms with E-state index in [9.17, 15) is 18.2 Å². The molecule has 42 heavy (non-hydrogen) atoms. The predicted octanol–water partition coefficient (Wildman–Crippen LogP) is 8.28. The summed E-state index contributed by atoms with van der Waals surface area (Å²) in [6.45, 7) is 11.9. The lowest BCUT2D eigenvalue weighted by atomic mass is 10.0. The molecular weight excluding hydrogens is 572 g/mol. The van der Waals surface area contributed by atoms with Gasteiger partial charge in [0, 0.05) is 32.2 Å². The number of pyridine rings is 2. The van der Waals surface area contributed by atoms with E-state index in [1.807, 2.05) is 64.1 Å². The fourth-order valence-electron chi connectivity index (χ4n) is 4.12. The molecule has 2 aromatic heterocycles. The molecule has 5 N–H and O–H groups in total. The molecule has 2 aromatic carbocycles. The van der Waals surface area contributed by atoms with Gasteiger partial charge in [0.15, 0.2) is 5.03 Å². The number of aliphatic hydroxyl groups is 1. The summed E-state index contributed by atoms with van der Waals surface area (Å²) in [6, 6.07) is 22.0. The standard InChI is InChI=1S/C16H21NO3S.C15H17NO2S.CH4O/c1-12-7-8-13(2)14(10-12)15(11-20-3)21(18,19)16-6-4-5-9-17-16;1-11-7-8-12(2)14(10-11)13(3)19(17,18)15-6-4-5-9-16-15;1-2/h4-10,15,18-19H,11H2,1-3H3;4-10,17-18H,3H2,1-2H3;2H,1H3. The van der Waals surface area contributed by atoms with Crippen LogP contribution in [0.1, 0.15) is 38.6 Å². The van der Waals surface area contributed by atoms with Gasteiger partial charge in [-0.15, -0.1) is 21.2 Å². The molecule has 0 bridgehead atoms. The second kappa shape index (κ2) is 16.0. The zero-order chi connectivity index (χ0) is 31.5. The van der Waals surface area contributed by atoms with Crippen LogP contribution in [0.5, 0.6) is 0 Å². The summed E-state index contributed by atoms with van der Waals surface area (Å²) in [5.41, 5.74) is 5.77. The highest BCUT2D eigenvalue weighted by molar-refractivity contribution is 8.32. The number of aliphatic hydroxyl groups excluding tert-OH is 1. The fraction of sp³-hybridized carbons (Fsp3) is 0.250. The van der Waals surface area contributed by atoms with Crippen molar-refractivity contribution in [3.63, 3.8) is 0 Å². The van der Waals surface area contributed by atoms with Gasteiger partial charge in [0.05, 0.1) is 11.5 Å². The Labute approximate surface area is 252 Å². The lowest BCUT2D eigenvalue weighted by Crippen LogP contribution is -2.17. The SMILES string of the molecule is C=C(c1cc(C)ccc1C)S(O)(O)c1ccccn1.CO.COCC(c1cc(C)ccc1C)S(O)(O)c1ccccn1. The lowest BCUT2D eigenvalue weighted by molar-refractivity contribution is 0.193. The number of rotatable bonds is 8. The van der Waals surface area contributed by atoms with E-state index in [0.29, 0.717) is 9.93 Å². The molecule has 0 amide bonds. The lowest BCUT2D eigenvalue weighted by Gasteiger charge is -2.39. The van der Waals surface area contributed by atoms with Crippen LogP contribution < -0.4 is 0 Å². The minimum atomic E-state index is -3.14. The Morgan fingerprint density at radius 2 is 1.29 bits per heavy atom. The molecule has 1 atom stereocenters. The van der Waals surface area contributed by atoms with Gasteiger partial charge >= 0.3 is 0 Å². The van der Waals surface area contributed by atoms with E-state index in [0.717, 1.165) is 40.5 Å². The van der Waals surface area contributed by atoms with Crippen LogP contribution in [0.2, 0.25) is 0 Å². The zero-order valence-corrected chi connectivity index (χ0v) is 26.6. The van der Waals surface area contributed by atoms with Crippen molar-refractivity contribution in [1.29, 1.82) is 0 Å². The molecule has 0 saturated heterocycles. The molecule has 0 fully saturated rings. The normalized spacial score (nSPS) is 12.6. The highest BCUT2D eigenvalue weighted by Crippen LogP contribution is 2.60. The highest BCUT2D eigenvalue weighted by Gasteiger charge is 2.31. The van der Waals surface area contributed by atoms with Crippen LogP contribution in [0.4, 0.5) is 0 Å². The summed E-state index contributed by atoms with van der Waals surface area (Å²) in [5, 5.41) is 7.02. The van der Waals surface area contributed by atoms with E-state index < -0.39 is 26.4 Å². The van der Waals surface area contributed by atoms with Crippen LogP contribution in [-0.4, -0.2) is 54.1 Å². The Hall–Kier alpha value is -3.06. The predicted molar refractivity (Wildman–Crippen MR) is 174 cm³/mol. The fourth-order valence-corrected chi connectivity index (χ4v) is 7.10. The first-order chi connectivity index (χ1) is 19.9. The molecule has 8 nitrogen and oxygen atoms in total. The molecule has 228 valence electrons. The van der Waals surface area contributed by atoms with Crippen LogP contribution in [0.25, 0.3) is 4.91 Å². The Morgan fingerprint density at radius 1 is 0.762 bits per heavy atom. The summed E-state index contributed by atoms with van der Waals surface area (Å²) in [5.74, 6) is 0. The van der Waals surface area contributed by atoms with Gasteiger partial charge in [-0.1, -0.05) is 60.2 Å². The molecule has 2 heterocycles. The van der Waals surface area contributed by atoms with Crippen molar-refractivity contribution >= 4 is 26.1 Å². The van der Waals surface area contributed by atoms with Crippen molar-refractivity contribution in [2.24, 2.45) is 0 Å². The number of aryl methyl sites for hydroxylation is 4. The van der Waals surface area contributed by atoms with Crippen molar-refractivity contribution in [2.75, 3.05) is 20.8 Å². The maximum atomic E-state index is 10.7. The first-order valence-electron chi connectivity index (χ1n) is 13.0. The maximum absolute atomic E-state index is 10.7. The first-order valence-corrected chi connectivity index (χ1v) is 16.2. The minimum absolute atomic E-state index is 0.225. The van der Waals surface area contributed by atoms with E-state index in [4.69, 9.17) is 9.84 Å². The highest BCUT2D eigenvalue weighted by atomic mass is 32.3. The number of aromatic nitrogens is 2. The molecule has 0 spiro atoms. The summed E-state index contributed by atoms with van der Waals surface area (Å²) < 4.78 is 47.5. The van der Waals surface area contributed by atoms with Gasteiger partial charge in [0.25, 0.3) is 0 Å². The van der Waals surface area contributed by atoms with E-state index in [2.05, 4.69) is 16.5 Å². The number of hydrogen-bond donors (Lipinski definition) is 5. The Morgan fingerprint density at radius 3 is 1.81 bits per heavy atom. The van der Waals surface area contributed by atoms with Gasteiger partial charge in [0.2, 0.25) is 0 Å². The van der Waals surface area contributed by atoms with E-state index in [1.54, 1.807) is 55.9 Å². The summed E-state index contributed by atoms with van der Waals surface area (Å²) in [6.07, 6.45) is 3.11. The van der Waals surface area contributed by atoms with Crippen LogP contribution >= 0.6 is 21.2 Å². The Kier molecular flexibility index (Phi) is 13.4. The molecule has 0 radical (unpaired) electrons. The molecular formula is C32H42N2O6S2. The van der Waals surface area contributed by atoms with Crippen molar-refractivity contribution in [3.8, 4) is 0 Å². The van der Waals surface area contributed by atoms with Gasteiger partial charge in [-0.2, -0.15) is 0 Å². The topological polar surface area (TPSA) is 136 Å². The molecule has 4 rings (SSSR count). The summed E-state index contributed by atoms with van der Waals surface area (Å²) >= 11 is 0. The third kappa shape index (κ3) is 8.73. The molecule has 10 heteroatoms. The number of ether oxygens (including phenoxy) is 1. The third-order valence-electron chi connectivity index (χ3n) is 6.41. The molecule has 0 aliphatic carbocycles. The number of benzene rings is 2. The molecule has 4 aromatic rings. The van der Waals surface area contributed by atoms with Gasteiger partial charge in [-0.25, -0.2) is 9.97 Å². The second-order valence-electron chi connectivity index (χ2n) is 9.52. The van der Waals surface area contributed by atoms with Crippen molar-refractivity contribution in [1.82, 2.24) is 9.97 Å². The van der Waals surface area contributed by atoms with Crippen molar-refractivity contribution in [2.45, 2.75) is 43.0 Å². The number of methoxy groups -OCH3 is 1. The number of nitrogens with zero attached hydrogens (tertiary/aromatic N) is 2. The minimum Gasteiger partial charge on any atom is -0.400 e. The largest absolute Gasteiger partial charge is 0.400 e. The van der Waals surface area contributed by atoms with Gasteiger partial charge < -0.3 is 9.84 Å².